The van der Waals surface area contributed by atoms with Crippen molar-refractivity contribution in [3.8, 4) is 5.75 Å². The number of aliphatic carboxylic acids is 1. The van der Waals surface area contributed by atoms with Crippen LogP contribution in [0, 0.1) is 0 Å². The Morgan fingerprint density at radius 3 is 2.78 bits per heavy atom. The van der Waals surface area contributed by atoms with Crippen LogP contribution < -0.4 is 10.1 Å². The molecule has 0 amide bonds. The molecule has 0 saturated heterocycles. The van der Waals surface area contributed by atoms with E-state index in [-0.39, 0.29) is 12.6 Å². The molecule has 0 spiro atoms. The predicted molar refractivity (Wildman–Crippen MR) is 69.9 cm³/mol. The third-order valence-electron chi connectivity index (χ3n) is 2.72. The fourth-order valence-corrected chi connectivity index (χ4v) is 1.76. The molecule has 1 rings (SSSR count). The number of carbonyl (C=O) groups is 1. The first-order valence-corrected chi connectivity index (χ1v) is 5.77. The predicted octanol–water partition coefficient (Wildman–Crippen LogP) is 0.972. The number of carboxylic acid groups (broad SMARTS) is 1. The number of hydrogen-bond donors (Lipinski definition) is 2. The summed E-state index contributed by atoms with van der Waals surface area (Å²) in [6.45, 7) is 0.542. The molecule has 0 aliphatic rings. The summed E-state index contributed by atoms with van der Waals surface area (Å²) >= 11 is 0. The zero-order chi connectivity index (χ0) is 13.5. The van der Waals surface area contributed by atoms with Gasteiger partial charge in [0.15, 0.2) is 0 Å². The summed E-state index contributed by atoms with van der Waals surface area (Å²) < 4.78 is 5.19. The number of nitrogens with one attached hydrogen (secondary N) is 1. The summed E-state index contributed by atoms with van der Waals surface area (Å²) in [5, 5.41) is 11.5. The van der Waals surface area contributed by atoms with Crippen molar-refractivity contribution >= 4 is 5.97 Å². The monoisotopic (exact) mass is 252 g/mol. The zero-order valence-corrected chi connectivity index (χ0v) is 11.0. The van der Waals surface area contributed by atoms with Gasteiger partial charge in [-0.2, -0.15) is 0 Å². The van der Waals surface area contributed by atoms with Crippen molar-refractivity contribution in [1.29, 1.82) is 0 Å². The molecule has 2 N–H and O–H groups in total. The Kier molecular flexibility index (Phi) is 5.61. The van der Waals surface area contributed by atoms with E-state index in [4.69, 9.17) is 9.84 Å². The molecule has 0 aliphatic carbocycles. The maximum Gasteiger partial charge on any atom is 0.317 e. The molecule has 1 aromatic carbocycles. The van der Waals surface area contributed by atoms with Gasteiger partial charge in [-0.1, -0.05) is 12.1 Å². The minimum absolute atomic E-state index is 0.0334. The highest BCUT2D eigenvalue weighted by Crippen LogP contribution is 2.21. The molecule has 1 unspecified atom stereocenters. The van der Waals surface area contributed by atoms with Gasteiger partial charge in [0.1, 0.15) is 5.75 Å². The van der Waals surface area contributed by atoms with Gasteiger partial charge in [-0.05, 0) is 31.8 Å². The number of likely N-dealkylation sites (N-methyl/N-ethyl adjacent to an activating group) is 1. The van der Waals surface area contributed by atoms with Crippen LogP contribution in [0.25, 0.3) is 0 Å². The largest absolute Gasteiger partial charge is 0.497 e. The van der Waals surface area contributed by atoms with E-state index in [1.54, 1.807) is 7.11 Å². The van der Waals surface area contributed by atoms with Crippen molar-refractivity contribution < 1.29 is 14.6 Å². The van der Waals surface area contributed by atoms with Gasteiger partial charge in [0.25, 0.3) is 0 Å². The summed E-state index contributed by atoms with van der Waals surface area (Å²) in [6.07, 6.45) is 0. The number of hydrogen-bond acceptors (Lipinski definition) is 4. The van der Waals surface area contributed by atoms with Gasteiger partial charge in [0, 0.05) is 12.6 Å². The minimum Gasteiger partial charge on any atom is -0.497 e. The summed E-state index contributed by atoms with van der Waals surface area (Å²) in [7, 11) is 5.56. The van der Waals surface area contributed by atoms with E-state index in [1.165, 1.54) is 0 Å². The van der Waals surface area contributed by atoms with E-state index in [9.17, 15) is 4.79 Å². The Morgan fingerprint density at radius 1 is 1.50 bits per heavy atom. The van der Waals surface area contributed by atoms with Crippen LogP contribution >= 0.6 is 0 Å². The van der Waals surface area contributed by atoms with Crippen LogP contribution in [0.15, 0.2) is 24.3 Å². The molecule has 0 fully saturated rings. The topological polar surface area (TPSA) is 61.8 Å². The van der Waals surface area contributed by atoms with E-state index in [0.717, 1.165) is 11.3 Å². The Bertz CT molecular complexity index is 394. The number of carboxylic acids is 1. The van der Waals surface area contributed by atoms with Gasteiger partial charge in [-0.15, -0.1) is 0 Å². The number of ether oxygens (including phenoxy) is 1. The highest BCUT2D eigenvalue weighted by molar-refractivity contribution is 5.69. The lowest BCUT2D eigenvalue weighted by Crippen LogP contribution is -2.33. The molecule has 0 heterocycles. The summed E-state index contributed by atoms with van der Waals surface area (Å²) in [5.74, 6) is -0.0456. The molecular formula is C13H20N2O3. The fourth-order valence-electron chi connectivity index (χ4n) is 1.76. The van der Waals surface area contributed by atoms with Gasteiger partial charge in [0.05, 0.1) is 13.7 Å². The Hall–Kier alpha value is -1.59. The van der Waals surface area contributed by atoms with E-state index in [2.05, 4.69) is 5.32 Å². The summed E-state index contributed by atoms with van der Waals surface area (Å²) in [6, 6.07) is 7.91. The molecule has 100 valence electrons. The second-order valence-corrected chi connectivity index (χ2v) is 4.28. The van der Waals surface area contributed by atoms with Gasteiger partial charge < -0.3 is 20.1 Å². The van der Waals surface area contributed by atoms with Crippen LogP contribution in [-0.2, 0) is 4.79 Å². The number of nitrogens with zero attached hydrogens (tertiary/aromatic N) is 1. The van der Waals surface area contributed by atoms with Crippen molar-refractivity contribution in [3.05, 3.63) is 29.8 Å². The van der Waals surface area contributed by atoms with Crippen LogP contribution in [0.1, 0.15) is 11.6 Å². The fraction of sp³-hybridized carbons (Fsp3) is 0.462. The molecule has 1 atom stereocenters. The standard InChI is InChI=1S/C13H20N2O3/c1-15(2)12(8-14-9-13(16)17)10-5-4-6-11(7-10)18-3/h4-7,12,14H,8-9H2,1-3H3,(H,16,17). The maximum absolute atomic E-state index is 10.5. The molecule has 1 aromatic rings. The second-order valence-electron chi connectivity index (χ2n) is 4.28. The van der Waals surface area contributed by atoms with Crippen LogP contribution in [0.3, 0.4) is 0 Å². The molecule has 0 aliphatic heterocycles. The first kappa shape index (κ1) is 14.5. The van der Waals surface area contributed by atoms with Crippen molar-refractivity contribution in [3.63, 3.8) is 0 Å². The quantitative estimate of drug-likeness (QED) is 0.757. The lowest BCUT2D eigenvalue weighted by atomic mass is 10.1. The van der Waals surface area contributed by atoms with Gasteiger partial charge in [-0.25, -0.2) is 0 Å². The molecule has 18 heavy (non-hydrogen) atoms. The van der Waals surface area contributed by atoms with Crippen molar-refractivity contribution in [1.82, 2.24) is 10.2 Å². The van der Waals surface area contributed by atoms with Crippen molar-refractivity contribution in [2.75, 3.05) is 34.3 Å². The first-order chi connectivity index (χ1) is 8.54. The normalized spacial score (nSPS) is 12.4. The first-order valence-electron chi connectivity index (χ1n) is 5.77. The maximum atomic E-state index is 10.5. The lowest BCUT2D eigenvalue weighted by Gasteiger charge is -2.25. The average Bonchev–Trinajstić information content (AvgIpc) is 2.34. The highest BCUT2D eigenvalue weighted by atomic mass is 16.5. The van der Waals surface area contributed by atoms with Crippen LogP contribution in [0.4, 0.5) is 0 Å². The lowest BCUT2D eigenvalue weighted by molar-refractivity contribution is -0.136. The average molecular weight is 252 g/mol. The number of methoxy groups -OCH3 is 1. The Morgan fingerprint density at radius 2 is 2.22 bits per heavy atom. The van der Waals surface area contributed by atoms with Crippen molar-refractivity contribution in [2.24, 2.45) is 0 Å². The molecule has 5 nitrogen and oxygen atoms in total. The number of rotatable bonds is 7. The molecule has 0 saturated carbocycles. The molecule has 0 radical (unpaired) electrons. The van der Waals surface area contributed by atoms with Gasteiger partial charge in [0.2, 0.25) is 0 Å². The van der Waals surface area contributed by atoms with Crippen LogP contribution in [0.2, 0.25) is 0 Å². The highest BCUT2D eigenvalue weighted by Gasteiger charge is 2.14. The zero-order valence-electron chi connectivity index (χ0n) is 11.0. The molecule has 0 bridgehead atoms. The van der Waals surface area contributed by atoms with Crippen molar-refractivity contribution in [2.45, 2.75) is 6.04 Å². The SMILES string of the molecule is COc1cccc(C(CNCC(=O)O)N(C)C)c1. The summed E-state index contributed by atoms with van der Waals surface area (Å²) in [5.41, 5.74) is 1.09. The second kappa shape index (κ2) is 6.98. The molecular weight excluding hydrogens is 232 g/mol. The van der Waals surface area contributed by atoms with Crippen LogP contribution in [-0.4, -0.2) is 50.3 Å². The number of benzene rings is 1. The van der Waals surface area contributed by atoms with E-state index in [1.807, 2.05) is 43.3 Å². The molecule has 5 heteroatoms. The van der Waals surface area contributed by atoms with Crippen LogP contribution in [0.5, 0.6) is 5.75 Å². The smallest absolute Gasteiger partial charge is 0.317 e. The summed E-state index contributed by atoms with van der Waals surface area (Å²) in [4.78, 5) is 12.5. The van der Waals surface area contributed by atoms with E-state index >= 15 is 0 Å². The van der Waals surface area contributed by atoms with Gasteiger partial charge >= 0.3 is 5.97 Å². The van der Waals surface area contributed by atoms with Gasteiger partial charge in [-0.3, -0.25) is 4.79 Å². The molecule has 0 aromatic heterocycles. The minimum atomic E-state index is -0.849. The Balaban J connectivity index is 2.73. The van der Waals surface area contributed by atoms with E-state index < -0.39 is 5.97 Å². The third kappa shape index (κ3) is 4.35. The third-order valence-corrected chi connectivity index (χ3v) is 2.72. The van der Waals surface area contributed by atoms with E-state index in [0.29, 0.717) is 6.54 Å². The Labute approximate surface area is 107 Å².